The van der Waals surface area contributed by atoms with Crippen molar-refractivity contribution in [3.63, 3.8) is 0 Å². The zero-order valence-corrected chi connectivity index (χ0v) is 30.2. The van der Waals surface area contributed by atoms with Gasteiger partial charge in [-0.05, 0) is 59.3 Å². The third-order valence-electron chi connectivity index (χ3n) is 11.6. The Morgan fingerprint density at radius 3 is 1.96 bits per heavy atom. The second kappa shape index (κ2) is 10.8. The quantitative estimate of drug-likeness (QED) is 0.182. The minimum atomic E-state index is 0.743. The lowest BCUT2D eigenvalue weighted by atomic mass is 10.0. The van der Waals surface area contributed by atoms with Crippen LogP contribution in [0.3, 0.4) is 0 Å². The van der Waals surface area contributed by atoms with Gasteiger partial charge in [-0.1, -0.05) is 121 Å². The van der Waals surface area contributed by atoms with Crippen LogP contribution in [0.2, 0.25) is 0 Å². The van der Waals surface area contributed by atoms with E-state index in [9.17, 15) is 0 Å². The number of fused-ring (bicyclic) bond motifs is 14. The molecule has 0 N–H and O–H groups in total. The van der Waals surface area contributed by atoms with Crippen molar-refractivity contribution < 1.29 is 0 Å². The molecule has 0 amide bonds. The molecule has 0 aliphatic rings. The predicted molar refractivity (Wildman–Crippen MR) is 232 cm³/mol. The van der Waals surface area contributed by atoms with Gasteiger partial charge < -0.3 is 8.97 Å². The molecular formula is C50H28N4S. The zero-order chi connectivity index (χ0) is 35.8. The molecule has 0 atom stereocenters. The van der Waals surface area contributed by atoms with Gasteiger partial charge >= 0.3 is 0 Å². The highest BCUT2D eigenvalue weighted by atomic mass is 32.1. The van der Waals surface area contributed by atoms with Gasteiger partial charge in [-0.15, -0.1) is 11.3 Å². The molecule has 0 radical (unpaired) electrons. The van der Waals surface area contributed by atoms with Crippen LogP contribution < -0.4 is 0 Å². The molecule has 4 nitrogen and oxygen atoms in total. The Hall–Kier alpha value is -7.08. The lowest BCUT2D eigenvalue weighted by molar-refractivity contribution is 1.18. The summed E-state index contributed by atoms with van der Waals surface area (Å²) in [6.07, 6.45) is 0. The first-order valence-electron chi connectivity index (χ1n) is 18.7. The fourth-order valence-electron chi connectivity index (χ4n) is 9.25. The number of thiophene rings is 1. The Morgan fingerprint density at radius 1 is 0.436 bits per heavy atom. The second-order valence-corrected chi connectivity index (χ2v) is 15.6. The summed E-state index contributed by atoms with van der Waals surface area (Å²) in [4.78, 5) is 10.4. The average molecular weight is 717 g/mol. The Kier molecular flexibility index (Phi) is 5.74. The van der Waals surface area contributed by atoms with E-state index in [1.165, 1.54) is 80.8 Å². The first-order valence-corrected chi connectivity index (χ1v) is 19.5. The fourth-order valence-corrected chi connectivity index (χ4v) is 10.4. The number of para-hydroxylation sites is 2. The first kappa shape index (κ1) is 29.4. The third kappa shape index (κ3) is 3.94. The molecule has 5 aromatic heterocycles. The van der Waals surface area contributed by atoms with E-state index in [0.29, 0.717) is 0 Å². The molecule has 0 spiro atoms. The summed E-state index contributed by atoms with van der Waals surface area (Å²) in [6.45, 7) is 0. The zero-order valence-electron chi connectivity index (χ0n) is 29.4. The molecule has 5 heteroatoms. The number of hydrogen-bond acceptors (Lipinski definition) is 3. The molecule has 0 aliphatic carbocycles. The average Bonchev–Trinajstić information content (AvgIpc) is 3.98. The van der Waals surface area contributed by atoms with Gasteiger partial charge in [0.05, 0.1) is 43.5 Å². The van der Waals surface area contributed by atoms with Crippen LogP contribution in [0, 0.1) is 0 Å². The van der Waals surface area contributed by atoms with Crippen molar-refractivity contribution in [2.75, 3.05) is 0 Å². The van der Waals surface area contributed by atoms with E-state index in [2.05, 4.69) is 161 Å². The van der Waals surface area contributed by atoms with Crippen LogP contribution in [-0.2, 0) is 0 Å². The van der Waals surface area contributed by atoms with E-state index in [-0.39, 0.29) is 0 Å². The monoisotopic (exact) mass is 716 g/mol. The van der Waals surface area contributed by atoms with Crippen LogP contribution in [0.1, 0.15) is 0 Å². The Labute approximate surface area is 318 Å². The van der Waals surface area contributed by atoms with E-state index >= 15 is 0 Å². The molecule has 13 rings (SSSR count). The van der Waals surface area contributed by atoms with Gasteiger partial charge in [0.15, 0.2) is 5.82 Å². The maximum atomic E-state index is 5.25. The van der Waals surface area contributed by atoms with Crippen molar-refractivity contribution in [3.8, 4) is 28.3 Å². The number of rotatable bonds is 3. The summed E-state index contributed by atoms with van der Waals surface area (Å²) < 4.78 is 7.29. The second-order valence-electron chi connectivity index (χ2n) is 14.5. The van der Waals surface area contributed by atoms with Crippen molar-refractivity contribution in [1.29, 1.82) is 0 Å². The number of hydrogen-bond donors (Lipinski definition) is 0. The largest absolute Gasteiger partial charge is 0.309 e. The summed E-state index contributed by atoms with van der Waals surface area (Å²) >= 11 is 1.77. The van der Waals surface area contributed by atoms with Crippen LogP contribution >= 0.6 is 11.3 Å². The van der Waals surface area contributed by atoms with Crippen LogP contribution in [-0.4, -0.2) is 18.9 Å². The van der Waals surface area contributed by atoms with Gasteiger partial charge in [-0.25, -0.2) is 9.97 Å². The van der Waals surface area contributed by atoms with E-state index in [4.69, 9.17) is 9.97 Å². The van der Waals surface area contributed by atoms with Crippen molar-refractivity contribution in [1.82, 2.24) is 18.9 Å². The van der Waals surface area contributed by atoms with Gasteiger partial charge in [0.25, 0.3) is 0 Å². The molecule has 55 heavy (non-hydrogen) atoms. The van der Waals surface area contributed by atoms with Gasteiger partial charge in [-0.2, -0.15) is 0 Å². The van der Waals surface area contributed by atoms with E-state index in [1.807, 2.05) is 18.2 Å². The van der Waals surface area contributed by atoms with E-state index < -0.39 is 0 Å². The van der Waals surface area contributed by atoms with Crippen LogP contribution in [0.4, 0.5) is 0 Å². The van der Waals surface area contributed by atoms with E-state index in [0.717, 1.165) is 38.5 Å². The molecule has 8 aromatic carbocycles. The van der Waals surface area contributed by atoms with Crippen molar-refractivity contribution in [3.05, 3.63) is 170 Å². The van der Waals surface area contributed by atoms with E-state index in [1.54, 1.807) is 11.3 Å². The summed E-state index contributed by atoms with van der Waals surface area (Å²) in [5.74, 6) is 0.743. The standard InChI is InChI=1S/C50H28N4S/c1-2-12-30(13-3-1)50-51-46(49-47(52-50)36-18-8-11-21-43(36)55-49)29-22-24-33(25-23-29)53-40-20-10-7-17-35(40)44-42(53)28-37-34-16-6-9-19-39(34)54-41-27-32-15-5-4-14-31(32)26-38(41)45(44)48(37)54/h1-28H. The van der Waals surface area contributed by atoms with Gasteiger partial charge in [0, 0.05) is 59.2 Å². The highest BCUT2D eigenvalue weighted by molar-refractivity contribution is 7.26. The fraction of sp³-hybridized carbons (Fsp3) is 0. The minimum Gasteiger partial charge on any atom is -0.309 e. The Morgan fingerprint density at radius 2 is 1.13 bits per heavy atom. The number of nitrogens with zero attached hydrogens (tertiary/aromatic N) is 4. The molecule has 0 fully saturated rings. The van der Waals surface area contributed by atoms with Crippen molar-refractivity contribution in [2.45, 2.75) is 0 Å². The molecule has 0 aliphatic heterocycles. The lowest BCUT2D eigenvalue weighted by Gasteiger charge is -2.11. The smallest absolute Gasteiger partial charge is 0.160 e. The molecule has 0 unspecified atom stereocenters. The van der Waals surface area contributed by atoms with Gasteiger partial charge in [0.1, 0.15) is 0 Å². The first-order chi connectivity index (χ1) is 27.3. The third-order valence-corrected chi connectivity index (χ3v) is 12.8. The SMILES string of the molecule is c1ccc(-c2nc(-c3ccc(-n4c5ccccc5c5c6c7cc8ccccc8cc7n7c8ccccc8c(cc54)c67)cc3)c3sc4ccccc4c3n2)cc1. The summed E-state index contributed by atoms with van der Waals surface area (Å²) in [7, 11) is 0. The molecular weight excluding hydrogens is 689 g/mol. The predicted octanol–water partition coefficient (Wildman–Crippen LogP) is 13.6. The Bertz CT molecular complexity index is 3700. The topological polar surface area (TPSA) is 35.1 Å². The molecule has 0 saturated carbocycles. The number of aromatic nitrogens is 4. The molecule has 13 aromatic rings. The van der Waals surface area contributed by atoms with Crippen LogP contribution in [0.5, 0.6) is 0 Å². The van der Waals surface area contributed by atoms with Crippen LogP contribution in [0.15, 0.2) is 170 Å². The molecule has 0 bridgehead atoms. The maximum absolute atomic E-state index is 5.25. The van der Waals surface area contributed by atoms with Crippen molar-refractivity contribution in [2.24, 2.45) is 0 Å². The normalized spacial score (nSPS) is 12.4. The highest BCUT2D eigenvalue weighted by Crippen LogP contribution is 2.47. The molecule has 0 saturated heterocycles. The maximum Gasteiger partial charge on any atom is 0.160 e. The highest BCUT2D eigenvalue weighted by Gasteiger charge is 2.25. The lowest BCUT2D eigenvalue weighted by Crippen LogP contribution is -1.96. The summed E-state index contributed by atoms with van der Waals surface area (Å²) in [5, 5.41) is 11.4. The summed E-state index contributed by atoms with van der Waals surface area (Å²) in [6, 6.07) is 61.6. The Balaban J connectivity index is 1.09. The van der Waals surface area contributed by atoms with Crippen molar-refractivity contribution >= 4 is 102 Å². The summed E-state index contributed by atoms with van der Waals surface area (Å²) in [5.41, 5.74) is 11.4. The molecule has 5 heterocycles. The van der Waals surface area contributed by atoms with Crippen LogP contribution in [0.25, 0.3) is 119 Å². The van der Waals surface area contributed by atoms with Gasteiger partial charge in [0.2, 0.25) is 0 Å². The van der Waals surface area contributed by atoms with Gasteiger partial charge in [-0.3, -0.25) is 0 Å². The minimum absolute atomic E-state index is 0.743. The molecule has 254 valence electrons. The number of benzene rings is 8.